The van der Waals surface area contributed by atoms with Gasteiger partial charge in [-0.1, -0.05) is 35.3 Å². The van der Waals surface area contributed by atoms with Gasteiger partial charge in [0.2, 0.25) is 0 Å². The number of furan rings is 1. The summed E-state index contributed by atoms with van der Waals surface area (Å²) in [5.74, 6) is 0.498. The van der Waals surface area contributed by atoms with Crippen LogP contribution in [0.1, 0.15) is 5.56 Å². The number of aromatic nitrogens is 2. The van der Waals surface area contributed by atoms with Gasteiger partial charge >= 0.3 is 0 Å². The first-order valence-corrected chi connectivity index (χ1v) is 6.85. The lowest BCUT2D eigenvalue weighted by atomic mass is 10.1. The molecule has 0 bridgehead atoms. The fraction of sp³-hybridized carbons (Fsp3) is 0.0667. The van der Waals surface area contributed by atoms with Gasteiger partial charge in [-0.05, 0) is 36.2 Å². The van der Waals surface area contributed by atoms with Gasteiger partial charge in [0.1, 0.15) is 16.1 Å². The van der Waals surface area contributed by atoms with E-state index in [-0.39, 0.29) is 16.1 Å². The van der Waals surface area contributed by atoms with Crippen molar-refractivity contribution in [1.82, 2.24) is 9.97 Å². The Bertz CT molecular complexity index is 777. The van der Waals surface area contributed by atoms with Crippen molar-refractivity contribution in [2.24, 2.45) is 0 Å². The fourth-order valence-electron chi connectivity index (χ4n) is 1.97. The monoisotopic (exact) mass is 322 g/mol. The lowest BCUT2D eigenvalue weighted by Gasteiger charge is -2.08. The Morgan fingerprint density at radius 3 is 2.14 bits per heavy atom. The molecule has 21 heavy (non-hydrogen) atoms. The summed E-state index contributed by atoms with van der Waals surface area (Å²) in [6.45, 7) is 1.87. The summed E-state index contributed by atoms with van der Waals surface area (Å²) in [5.41, 5.74) is 2.00. The molecule has 0 unspecified atom stereocenters. The number of benzene rings is 1. The van der Waals surface area contributed by atoms with Crippen LogP contribution >= 0.6 is 23.2 Å². The predicted molar refractivity (Wildman–Crippen MR) is 79.9 cm³/mol. The van der Waals surface area contributed by atoms with Gasteiger partial charge < -0.3 is 4.42 Å². The summed E-state index contributed by atoms with van der Waals surface area (Å²) in [7, 11) is 0. The van der Waals surface area contributed by atoms with Crippen molar-refractivity contribution in [3.63, 3.8) is 0 Å². The molecule has 0 amide bonds. The summed E-state index contributed by atoms with van der Waals surface area (Å²) in [6, 6.07) is 7.60. The summed E-state index contributed by atoms with van der Waals surface area (Å²) >= 11 is 12.4. The molecule has 1 aromatic carbocycles. The van der Waals surface area contributed by atoms with Crippen LogP contribution in [0, 0.1) is 12.7 Å². The van der Waals surface area contributed by atoms with Gasteiger partial charge in [0.05, 0.1) is 11.8 Å². The third-order valence-corrected chi connectivity index (χ3v) is 3.57. The molecule has 0 saturated carbocycles. The van der Waals surface area contributed by atoms with Gasteiger partial charge in [-0.15, -0.1) is 0 Å². The number of hydrogen-bond acceptors (Lipinski definition) is 3. The molecule has 0 aliphatic heterocycles. The van der Waals surface area contributed by atoms with Gasteiger partial charge in [-0.3, -0.25) is 0 Å². The quantitative estimate of drug-likeness (QED) is 0.612. The number of hydrogen-bond donors (Lipinski definition) is 0. The van der Waals surface area contributed by atoms with Crippen LogP contribution in [0.4, 0.5) is 4.39 Å². The Balaban J connectivity index is 2.13. The van der Waals surface area contributed by atoms with Crippen molar-refractivity contribution in [3.8, 4) is 22.7 Å². The van der Waals surface area contributed by atoms with E-state index in [1.54, 1.807) is 24.5 Å². The standard InChI is InChI=1S/C15H9Cl2FN2O/c1-8-6-7-21-12(8)15-19-13(16)11(14(17)20-15)9-2-4-10(18)5-3-9/h2-7H,1H3. The van der Waals surface area contributed by atoms with Crippen molar-refractivity contribution in [3.05, 3.63) is 58.3 Å². The van der Waals surface area contributed by atoms with E-state index in [1.807, 2.05) is 6.92 Å². The van der Waals surface area contributed by atoms with E-state index in [0.717, 1.165) is 5.56 Å². The molecule has 2 aromatic heterocycles. The smallest absolute Gasteiger partial charge is 0.198 e. The molecule has 3 aromatic rings. The first-order valence-electron chi connectivity index (χ1n) is 6.09. The molecule has 0 atom stereocenters. The van der Waals surface area contributed by atoms with Crippen molar-refractivity contribution >= 4 is 23.2 Å². The van der Waals surface area contributed by atoms with Gasteiger partial charge in [0, 0.05) is 0 Å². The zero-order valence-electron chi connectivity index (χ0n) is 10.9. The minimum atomic E-state index is -0.338. The molecule has 0 aliphatic rings. The van der Waals surface area contributed by atoms with Gasteiger partial charge in [-0.25, -0.2) is 14.4 Å². The van der Waals surface area contributed by atoms with E-state index in [9.17, 15) is 4.39 Å². The van der Waals surface area contributed by atoms with Crippen molar-refractivity contribution in [1.29, 1.82) is 0 Å². The predicted octanol–water partition coefficient (Wildman–Crippen LogP) is 5.16. The average Bonchev–Trinajstić information content (AvgIpc) is 2.86. The summed E-state index contributed by atoms with van der Waals surface area (Å²) in [4.78, 5) is 8.44. The topological polar surface area (TPSA) is 38.9 Å². The minimum Gasteiger partial charge on any atom is -0.461 e. The lowest BCUT2D eigenvalue weighted by Crippen LogP contribution is -1.95. The molecule has 3 nitrogen and oxygen atoms in total. The molecule has 0 spiro atoms. The van der Waals surface area contributed by atoms with Crippen LogP contribution < -0.4 is 0 Å². The molecule has 0 aliphatic carbocycles. The second-order valence-corrected chi connectivity index (χ2v) is 5.16. The molecular formula is C15H9Cl2FN2O. The molecular weight excluding hydrogens is 314 g/mol. The van der Waals surface area contributed by atoms with Gasteiger partial charge in [0.15, 0.2) is 11.6 Å². The van der Waals surface area contributed by atoms with E-state index in [2.05, 4.69) is 9.97 Å². The molecule has 3 rings (SSSR count). The second-order valence-electron chi connectivity index (χ2n) is 4.44. The molecule has 0 radical (unpaired) electrons. The van der Waals surface area contributed by atoms with Crippen LogP contribution in [0.5, 0.6) is 0 Å². The SMILES string of the molecule is Cc1ccoc1-c1nc(Cl)c(-c2ccc(F)cc2)c(Cl)n1. The first kappa shape index (κ1) is 14.0. The van der Waals surface area contributed by atoms with Crippen LogP contribution in [0.2, 0.25) is 10.3 Å². The third-order valence-electron chi connectivity index (χ3n) is 3.02. The summed E-state index contributed by atoms with van der Waals surface area (Å²) in [5, 5.41) is 0.375. The highest BCUT2D eigenvalue weighted by molar-refractivity contribution is 6.37. The maximum atomic E-state index is 13.0. The fourth-order valence-corrected chi connectivity index (χ4v) is 2.57. The van der Waals surface area contributed by atoms with E-state index in [4.69, 9.17) is 27.6 Å². The molecule has 0 fully saturated rings. The summed E-state index contributed by atoms with van der Waals surface area (Å²) in [6.07, 6.45) is 1.55. The molecule has 0 N–H and O–H groups in total. The molecule has 106 valence electrons. The van der Waals surface area contributed by atoms with Gasteiger partial charge in [-0.2, -0.15) is 0 Å². The average molecular weight is 323 g/mol. The van der Waals surface area contributed by atoms with Crippen LogP contribution in [-0.2, 0) is 0 Å². The highest BCUT2D eigenvalue weighted by atomic mass is 35.5. The van der Waals surface area contributed by atoms with Gasteiger partial charge in [0.25, 0.3) is 0 Å². The highest BCUT2D eigenvalue weighted by Gasteiger charge is 2.17. The van der Waals surface area contributed by atoms with Crippen LogP contribution in [0.15, 0.2) is 41.0 Å². The number of halogens is 3. The first-order chi connectivity index (χ1) is 10.1. The summed E-state index contributed by atoms with van der Waals surface area (Å²) < 4.78 is 18.3. The number of rotatable bonds is 2. The zero-order chi connectivity index (χ0) is 15.0. The maximum absolute atomic E-state index is 13.0. The van der Waals surface area contributed by atoms with Crippen molar-refractivity contribution in [2.75, 3.05) is 0 Å². The Morgan fingerprint density at radius 2 is 1.62 bits per heavy atom. The Morgan fingerprint density at radius 1 is 1.00 bits per heavy atom. The maximum Gasteiger partial charge on any atom is 0.198 e. The molecule has 2 heterocycles. The number of nitrogens with zero attached hydrogens (tertiary/aromatic N) is 2. The van der Waals surface area contributed by atoms with Crippen molar-refractivity contribution < 1.29 is 8.81 Å². The van der Waals surface area contributed by atoms with Crippen molar-refractivity contribution in [2.45, 2.75) is 6.92 Å². The van der Waals surface area contributed by atoms with Crippen LogP contribution in [0.25, 0.3) is 22.7 Å². The third kappa shape index (κ3) is 2.64. The van der Waals surface area contributed by atoms with E-state index in [1.165, 1.54) is 12.1 Å². The number of aryl methyl sites for hydroxylation is 1. The Hall–Kier alpha value is -1.91. The lowest BCUT2D eigenvalue weighted by molar-refractivity contribution is 0.575. The highest BCUT2D eigenvalue weighted by Crippen LogP contribution is 2.34. The van der Waals surface area contributed by atoms with E-state index in [0.29, 0.717) is 22.7 Å². The largest absolute Gasteiger partial charge is 0.461 e. The zero-order valence-corrected chi connectivity index (χ0v) is 12.4. The molecule has 6 heteroatoms. The Labute approximate surface area is 130 Å². The Kier molecular flexibility index (Phi) is 3.66. The van der Waals surface area contributed by atoms with Crippen LogP contribution in [0.3, 0.4) is 0 Å². The molecule has 0 saturated heterocycles. The van der Waals surface area contributed by atoms with Crippen LogP contribution in [-0.4, -0.2) is 9.97 Å². The van der Waals surface area contributed by atoms with E-state index >= 15 is 0 Å². The minimum absolute atomic E-state index is 0.187. The normalized spacial score (nSPS) is 10.9. The second kappa shape index (κ2) is 5.47. The van der Waals surface area contributed by atoms with E-state index < -0.39 is 0 Å².